The van der Waals surface area contributed by atoms with Gasteiger partial charge in [-0.3, -0.25) is 0 Å². The van der Waals surface area contributed by atoms with Crippen LogP contribution in [0.4, 0.5) is 13.6 Å². The van der Waals surface area contributed by atoms with Crippen LogP contribution in [0.25, 0.3) is 0 Å². The van der Waals surface area contributed by atoms with E-state index < -0.39 is 41.8 Å². The lowest BCUT2D eigenvalue weighted by Crippen LogP contribution is -2.43. The summed E-state index contributed by atoms with van der Waals surface area (Å²) >= 11 is 0. The molecule has 0 radical (unpaired) electrons. The molecule has 22 heavy (non-hydrogen) atoms. The molecule has 0 aliphatic carbocycles. The van der Waals surface area contributed by atoms with Crippen molar-refractivity contribution in [2.24, 2.45) is 0 Å². The summed E-state index contributed by atoms with van der Waals surface area (Å²) in [6, 6.07) is 2.35. The van der Waals surface area contributed by atoms with Crippen molar-refractivity contribution < 1.29 is 28.2 Å². The number of halogens is 2. The summed E-state index contributed by atoms with van der Waals surface area (Å²) in [4.78, 5) is 22.4. The summed E-state index contributed by atoms with van der Waals surface area (Å²) < 4.78 is 31.1. The number of alkyl carbamates (subject to hydrolysis) is 1. The summed E-state index contributed by atoms with van der Waals surface area (Å²) in [5, 5.41) is 13.1. The summed E-state index contributed by atoms with van der Waals surface area (Å²) in [6.07, 6.45) is -1.26. The number of amides is 1. The minimum Gasteiger partial charge on any atom is -0.550 e. The van der Waals surface area contributed by atoms with Gasteiger partial charge >= 0.3 is 6.09 Å². The van der Waals surface area contributed by atoms with Crippen LogP contribution in [0.3, 0.4) is 0 Å². The van der Waals surface area contributed by atoms with E-state index in [1.165, 1.54) is 6.07 Å². The molecule has 0 heterocycles. The van der Waals surface area contributed by atoms with Gasteiger partial charge in [-0.15, -0.1) is 0 Å². The SMILES string of the molecule is CC(C)(C)OC(=O)N[C@H](CC(=O)[O-])Cc1ccc(F)c(F)c1. The lowest BCUT2D eigenvalue weighted by Gasteiger charge is -2.24. The summed E-state index contributed by atoms with van der Waals surface area (Å²) in [6.45, 7) is 4.99. The number of carbonyl (C=O) groups is 2. The van der Waals surface area contributed by atoms with E-state index in [-0.39, 0.29) is 6.42 Å². The number of nitrogens with one attached hydrogen (secondary N) is 1. The summed E-state index contributed by atoms with van der Waals surface area (Å²) in [7, 11) is 0. The molecule has 5 nitrogen and oxygen atoms in total. The average molecular weight is 314 g/mol. The first-order valence-corrected chi connectivity index (χ1v) is 6.70. The van der Waals surface area contributed by atoms with Gasteiger partial charge in [-0.1, -0.05) is 6.07 Å². The fourth-order valence-corrected chi connectivity index (χ4v) is 1.80. The quantitative estimate of drug-likeness (QED) is 0.894. The van der Waals surface area contributed by atoms with Crippen LogP contribution in [0, 0.1) is 11.6 Å². The number of ether oxygens (including phenoxy) is 1. The molecular formula is C15H18F2NO4-. The van der Waals surface area contributed by atoms with E-state index in [0.29, 0.717) is 5.56 Å². The molecule has 0 unspecified atom stereocenters. The fourth-order valence-electron chi connectivity index (χ4n) is 1.80. The Labute approximate surface area is 127 Å². The van der Waals surface area contributed by atoms with Crippen LogP contribution in [0.5, 0.6) is 0 Å². The van der Waals surface area contributed by atoms with E-state index in [2.05, 4.69) is 5.32 Å². The van der Waals surface area contributed by atoms with Crippen molar-refractivity contribution in [2.45, 2.75) is 45.3 Å². The van der Waals surface area contributed by atoms with Crippen molar-refractivity contribution in [1.29, 1.82) is 0 Å². The Morgan fingerprint density at radius 3 is 2.41 bits per heavy atom. The van der Waals surface area contributed by atoms with Gasteiger partial charge in [0.05, 0.1) is 0 Å². The maximum atomic E-state index is 13.2. The monoisotopic (exact) mass is 314 g/mol. The maximum Gasteiger partial charge on any atom is 0.407 e. The molecule has 1 aromatic carbocycles. The predicted octanol–water partition coefficient (Wildman–Crippen LogP) is 1.54. The molecule has 122 valence electrons. The Kier molecular flexibility index (Phi) is 5.84. The molecule has 1 amide bonds. The lowest BCUT2D eigenvalue weighted by molar-refractivity contribution is -0.306. The summed E-state index contributed by atoms with van der Waals surface area (Å²) in [5.74, 6) is -3.41. The number of aliphatic carboxylic acids is 1. The first-order valence-electron chi connectivity index (χ1n) is 6.70. The molecule has 1 N–H and O–H groups in total. The number of hydrogen-bond donors (Lipinski definition) is 1. The Bertz CT molecular complexity index is 555. The number of benzene rings is 1. The van der Waals surface area contributed by atoms with Gasteiger partial charge in [-0.25, -0.2) is 13.6 Å². The Hall–Kier alpha value is -2.18. The lowest BCUT2D eigenvalue weighted by atomic mass is 10.0. The van der Waals surface area contributed by atoms with E-state index in [4.69, 9.17) is 4.74 Å². The molecule has 7 heteroatoms. The molecule has 0 aliphatic heterocycles. The van der Waals surface area contributed by atoms with Crippen LogP contribution in [0.15, 0.2) is 18.2 Å². The zero-order valence-corrected chi connectivity index (χ0v) is 12.6. The van der Waals surface area contributed by atoms with Gasteiger partial charge in [-0.05, 0) is 44.9 Å². The van der Waals surface area contributed by atoms with Gasteiger partial charge in [0.1, 0.15) is 5.60 Å². The van der Waals surface area contributed by atoms with E-state index in [9.17, 15) is 23.5 Å². The normalized spacial score (nSPS) is 12.6. The zero-order chi connectivity index (χ0) is 16.9. The molecule has 0 spiro atoms. The van der Waals surface area contributed by atoms with Gasteiger partial charge < -0.3 is 20.0 Å². The number of carboxylic acids is 1. The highest BCUT2D eigenvalue weighted by Crippen LogP contribution is 2.13. The average Bonchev–Trinajstić information content (AvgIpc) is 2.30. The second-order valence-corrected chi connectivity index (χ2v) is 5.87. The molecule has 1 atom stereocenters. The highest BCUT2D eigenvalue weighted by Gasteiger charge is 2.20. The predicted molar refractivity (Wildman–Crippen MR) is 72.8 cm³/mol. The van der Waals surface area contributed by atoms with Crippen molar-refractivity contribution in [3.8, 4) is 0 Å². The number of rotatable bonds is 5. The van der Waals surface area contributed by atoms with Gasteiger partial charge in [0.15, 0.2) is 11.6 Å². The van der Waals surface area contributed by atoms with Gasteiger partial charge in [-0.2, -0.15) is 0 Å². The smallest absolute Gasteiger partial charge is 0.407 e. The van der Waals surface area contributed by atoms with Gasteiger partial charge in [0.25, 0.3) is 0 Å². The third-order valence-electron chi connectivity index (χ3n) is 2.60. The second kappa shape index (κ2) is 7.20. The fraction of sp³-hybridized carbons (Fsp3) is 0.467. The molecule has 0 aromatic heterocycles. The molecule has 0 saturated carbocycles. The Morgan fingerprint density at radius 1 is 1.27 bits per heavy atom. The highest BCUT2D eigenvalue weighted by atomic mass is 19.2. The van der Waals surface area contributed by atoms with Crippen LogP contribution in [-0.4, -0.2) is 23.7 Å². The molecule has 0 fully saturated rings. The Balaban J connectivity index is 2.77. The molecule has 1 aromatic rings. The standard InChI is InChI=1S/C15H19F2NO4/c1-15(2,3)22-14(21)18-10(8-13(19)20)6-9-4-5-11(16)12(17)7-9/h4-5,7,10H,6,8H2,1-3H3,(H,18,21)(H,19,20)/p-1/t10-/m0/s1. The minimum atomic E-state index is -1.37. The topological polar surface area (TPSA) is 78.5 Å². The third kappa shape index (κ3) is 6.51. The van der Waals surface area contributed by atoms with Crippen LogP contribution in [0.1, 0.15) is 32.8 Å². The summed E-state index contributed by atoms with van der Waals surface area (Å²) in [5.41, 5.74) is -0.390. The van der Waals surface area contributed by atoms with Crippen molar-refractivity contribution in [1.82, 2.24) is 5.32 Å². The van der Waals surface area contributed by atoms with E-state index in [1.54, 1.807) is 20.8 Å². The first-order chi connectivity index (χ1) is 10.1. The van der Waals surface area contributed by atoms with Crippen LogP contribution >= 0.6 is 0 Å². The Morgan fingerprint density at radius 2 is 1.91 bits per heavy atom. The van der Waals surface area contributed by atoms with Crippen molar-refractivity contribution >= 4 is 12.1 Å². The molecular weight excluding hydrogens is 296 g/mol. The van der Waals surface area contributed by atoms with E-state index in [1.807, 2.05) is 0 Å². The zero-order valence-electron chi connectivity index (χ0n) is 12.6. The second-order valence-electron chi connectivity index (χ2n) is 5.87. The number of carbonyl (C=O) groups excluding carboxylic acids is 2. The maximum absolute atomic E-state index is 13.2. The molecule has 1 rings (SSSR count). The van der Waals surface area contributed by atoms with E-state index in [0.717, 1.165) is 12.1 Å². The minimum absolute atomic E-state index is 0.00439. The van der Waals surface area contributed by atoms with Crippen molar-refractivity contribution in [3.05, 3.63) is 35.4 Å². The van der Waals surface area contributed by atoms with Crippen LogP contribution in [-0.2, 0) is 16.0 Å². The van der Waals surface area contributed by atoms with Crippen molar-refractivity contribution in [2.75, 3.05) is 0 Å². The molecule has 0 saturated heterocycles. The van der Waals surface area contributed by atoms with Gasteiger partial charge in [0, 0.05) is 18.4 Å². The molecule has 0 bridgehead atoms. The number of carboxylic acid groups (broad SMARTS) is 1. The molecule has 0 aliphatic rings. The number of hydrogen-bond acceptors (Lipinski definition) is 4. The van der Waals surface area contributed by atoms with E-state index >= 15 is 0 Å². The van der Waals surface area contributed by atoms with Gasteiger partial charge in [0.2, 0.25) is 0 Å². The van der Waals surface area contributed by atoms with Crippen LogP contribution < -0.4 is 10.4 Å². The largest absolute Gasteiger partial charge is 0.550 e. The third-order valence-corrected chi connectivity index (χ3v) is 2.60. The first kappa shape index (κ1) is 17.9. The van der Waals surface area contributed by atoms with Crippen LogP contribution in [0.2, 0.25) is 0 Å². The van der Waals surface area contributed by atoms with Crippen molar-refractivity contribution in [3.63, 3.8) is 0 Å². The highest BCUT2D eigenvalue weighted by molar-refractivity contribution is 5.70.